The van der Waals surface area contributed by atoms with E-state index in [1.54, 1.807) is 18.6 Å². The first-order valence-corrected chi connectivity index (χ1v) is 8.16. The molecule has 20 heavy (non-hydrogen) atoms. The topological polar surface area (TPSA) is 79.3 Å². The Kier molecular flexibility index (Phi) is 3.27. The molecular weight excluding hydrogens is 278 g/mol. The van der Waals surface area contributed by atoms with Crippen LogP contribution in [0.1, 0.15) is 0 Å². The van der Waals surface area contributed by atoms with E-state index >= 15 is 0 Å². The molecule has 0 spiro atoms. The third-order valence-electron chi connectivity index (χ3n) is 3.36. The Hall–Kier alpha value is -1.80. The summed E-state index contributed by atoms with van der Waals surface area (Å²) in [6.45, 7) is 2.12. The summed E-state index contributed by atoms with van der Waals surface area (Å²) >= 11 is 0. The van der Waals surface area contributed by atoms with Crippen LogP contribution in [0, 0.1) is 0 Å². The van der Waals surface area contributed by atoms with Crippen molar-refractivity contribution in [2.75, 3.05) is 37.3 Å². The number of hydrogen-bond acceptors (Lipinski definition) is 6. The maximum atomic E-state index is 11.5. The molecule has 0 aromatic carbocycles. The van der Waals surface area contributed by atoms with E-state index in [1.165, 1.54) is 10.6 Å². The number of pyridine rings is 1. The quantitative estimate of drug-likeness (QED) is 0.782. The molecule has 0 amide bonds. The van der Waals surface area contributed by atoms with Gasteiger partial charge in [-0.05, 0) is 6.07 Å². The van der Waals surface area contributed by atoms with Crippen molar-refractivity contribution in [1.29, 1.82) is 0 Å². The van der Waals surface area contributed by atoms with Crippen molar-refractivity contribution in [2.45, 2.75) is 0 Å². The van der Waals surface area contributed by atoms with Crippen LogP contribution >= 0.6 is 0 Å². The van der Waals surface area contributed by atoms with E-state index in [0.717, 1.165) is 10.9 Å². The van der Waals surface area contributed by atoms with Gasteiger partial charge in [-0.3, -0.25) is 4.98 Å². The maximum absolute atomic E-state index is 11.5. The first-order valence-electron chi connectivity index (χ1n) is 6.31. The summed E-state index contributed by atoms with van der Waals surface area (Å²) < 4.78 is 24.4. The zero-order chi connectivity index (χ0) is 14.2. The number of hydrogen-bond donors (Lipinski definition) is 0. The van der Waals surface area contributed by atoms with Crippen LogP contribution < -0.4 is 4.90 Å². The highest BCUT2D eigenvalue weighted by Gasteiger charge is 2.24. The molecule has 7 nitrogen and oxygen atoms in total. The Morgan fingerprint density at radius 1 is 1.15 bits per heavy atom. The van der Waals surface area contributed by atoms with E-state index in [-0.39, 0.29) is 0 Å². The fraction of sp³-hybridized carbons (Fsp3) is 0.417. The monoisotopic (exact) mass is 293 g/mol. The van der Waals surface area contributed by atoms with Gasteiger partial charge in [-0.1, -0.05) is 0 Å². The normalized spacial score (nSPS) is 17.6. The van der Waals surface area contributed by atoms with Crippen molar-refractivity contribution < 1.29 is 8.42 Å². The van der Waals surface area contributed by atoms with E-state index in [4.69, 9.17) is 0 Å². The van der Waals surface area contributed by atoms with Crippen molar-refractivity contribution >= 4 is 26.9 Å². The molecule has 0 unspecified atom stereocenters. The predicted octanol–water partition coefficient (Wildman–Crippen LogP) is 0.106. The van der Waals surface area contributed by atoms with Gasteiger partial charge < -0.3 is 4.90 Å². The van der Waals surface area contributed by atoms with Crippen LogP contribution in [0.3, 0.4) is 0 Å². The molecule has 1 aliphatic heterocycles. The first-order chi connectivity index (χ1) is 9.54. The van der Waals surface area contributed by atoms with Gasteiger partial charge in [-0.15, -0.1) is 0 Å². The number of sulfonamides is 1. The fourth-order valence-corrected chi connectivity index (χ4v) is 3.06. The van der Waals surface area contributed by atoms with Crippen LogP contribution in [-0.4, -0.2) is 60.1 Å². The van der Waals surface area contributed by atoms with Crippen molar-refractivity contribution in [3.63, 3.8) is 0 Å². The summed E-state index contributed by atoms with van der Waals surface area (Å²) in [5.41, 5.74) is 0.794. The number of aromatic nitrogens is 3. The van der Waals surface area contributed by atoms with Gasteiger partial charge in [0, 0.05) is 44.0 Å². The van der Waals surface area contributed by atoms with Crippen LogP contribution in [-0.2, 0) is 10.0 Å². The minimum Gasteiger partial charge on any atom is -0.338 e. The van der Waals surface area contributed by atoms with Gasteiger partial charge in [-0.2, -0.15) is 4.31 Å². The Bertz CT molecular complexity index is 725. The Morgan fingerprint density at radius 2 is 1.90 bits per heavy atom. The molecule has 0 radical (unpaired) electrons. The van der Waals surface area contributed by atoms with Gasteiger partial charge in [0.05, 0.1) is 18.0 Å². The summed E-state index contributed by atoms with van der Waals surface area (Å²) in [7, 11) is -3.11. The lowest BCUT2D eigenvalue weighted by atomic mass is 10.3. The Morgan fingerprint density at radius 3 is 2.60 bits per heavy atom. The SMILES string of the molecule is CS(=O)(=O)N1CCN(c2ncc3ccncc3n2)CC1. The van der Waals surface area contributed by atoms with Gasteiger partial charge >= 0.3 is 0 Å². The molecule has 0 bridgehead atoms. The van der Waals surface area contributed by atoms with E-state index in [2.05, 4.69) is 15.0 Å². The van der Waals surface area contributed by atoms with Gasteiger partial charge in [0.15, 0.2) is 0 Å². The molecule has 2 aromatic heterocycles. The van der Waals surface area contributed by atoms with Gasteiger partial charge in [0.25, 0.3) is 0 Å². The first kappa shape index (κ1) is 13.2. The van der Waals surface area contributed by atoms with Crippen LogP contribution in [0.25, 0.3) is 10.9 Å². The number of rotatable bonds is 2. The third-order valence-corrected chi connectivity index (χ3v) is 4.67. The smallest absolute Gasteiger partial charge is 0.226 e. The maximum Gasteiger partial charge on any atom is 0.226 e. The summed E-state index contributed by atoms with van der Waals surface area (Å²) in [5, 5.41) is 0.943. The summed E-state index contributed by atoms with van der Waals surface area (Å²) in [4.78, 5) is 14.8. The zero-order valence-corrected chi connectivity index (χ0v) is 11.9. The average molecular weight is 293 g/mol. The predicted molar refractivity (Wildman–Crippen MR) is 76.0 cm³/mol. The fourth-order valence-electron chi connectivity index (χ4n) is 2.24. The Balaban J connectivity index is 1.80. The molecule has 3 rings (SSSR count). The molecule has 106 valence electrons. The van der Waals surface area contributed by atoms with E-state index in [9.17, 15) is 8.42 Å². The third kappa shape index (κ3) is 2.56. The molecule has 0 aliphatic carbocycles. The molecule has 2 aromatic rings. The highest BCUT2D eigenvalue weighted by Crippen LogP contribution is 2.16. The van der Waals surface area contributed by atoms with Gasteiger partial charge in [-0.25, -0.2) is 18.4 Å². The highest BCUT2D eigenvalue weighted by molar-refractivity contribution is 7.88. The van der Waals surface area contributed by atoms with Crippen molar-refractivity contribution in [2.24, 2.45) is 0 Å². The Labute approximate surface area is 117 Å². The molecule has 0 atom stereocenters. The van der Waals surface area contributed by atoms with Crippen LogP contribution in [0.5, 0.6) is 0 Å². The summed E-state index contributed by atoms with van der Waals surface area (Å²) in [6.07, 6.45) is 6.41. The van der Waals surface area contributed by atoms with Crippen molar-refractivity contribution in [3.8, 4) is 0 Å². The number of anilines is 1. The second-order valence-electron chi connectivity index (χ2n) is 4.75. The van der Waals surface area contributed by atoms with Crippen molar-refractivity contribution in [1.82, 2.24) is 19.3 Å². The lowest BCUT2D eigenvalue weighted by Crippen LogP contribution is -2.48. The minimum absolute atomic E-state index is 0.466. The van der Waals surface area contributed by atoms with E-state index < -0.39 is 10.0 Å². The molecule has 8 heteroatoms. The largest absolute Gasteiger partial charge is 0.338 e. The van der Waals surface area contributed by atoms with E-state index in [1.807, 2.05) is 11.0 Å². The second kappa shape index (κ2) is 4.95. The zero-order valence-electron chi connectivity index (χ0n) is 11.1. The average Bonchev–Trinajstić information content (AvgIpc) is 2.46. The molecule has 1 saturated heterocycles. The molecule has 3 heterocycles. The number of piperazine rings is 1. The summed E-state index contributed by atoms with van der Waals surface area (Å²) in [6, 6.07) is 1.86. The number of nitrogens with zero attached hydrogens (tertiary/aromatic N) is 5. The molecular formula is C12H15N5O2S. The standard InChI is InChI=1S/C12H15N5O2S/c1-20(18,19)17-6-4-16(5-7-17)12-14-8-10-2-3-13-9-11(10)15-12/h2-3,8-9H,4-7H2,1H3. The highest BCUT2D eigenvalue weighted by atomic mass is 32.2. The molecule has 1 aliphatic rings. The van der Waals surface area contributed by atoms with Crippen LogP contribution in [0.4, 0.5) is 5.95 Å². The van der Waals surface area contributed by atoms with Crippen LogP contribution in [0.15, 0.2) is 24.7 Å². The molecule has 0 saturated carbocycles. The minimum atomic E-state index is -3.11. The number of fused-ring (bicyclic) bond motifs is 1. The van der Waals surface area contributed by atoms with Gasteiger partial charge in [0.2, 0.25) is 16.0 Å². The molecule has 0 N–H and O–H groups in total. The second-order valence-corrected chi connectivity index (χ2v) is 6.74. The lowest BCUT2D eigenvalue weighted by Gasteiger charge is -2.33. The molecule has 1 fully saturated rings. The van der Waals surface area contributed by atoms with Crippen LogP contribution in [0.2, 0.25) is 0 Å². The lowest BCUT2D eigenvalue weighted by molar-refractivity contribution is 0.386. The summed E-state index contributed by atoms with van der Waals surface area (Å²) in [5.74, 6) is 0.624. The van der Waals surface area contributed by atoms with E-state index in [0.29, 0.717) is 32.1 Å². The van der Waals surface area contributed by atoms with Gasteiger partial charge in [0.1, 0.15) is 0 Å². The van der Waals surface area contributed by atoms with Crippen molar-refractivity contribution in [3.05, 3.63) is 24.7 Å².